The molecule has 0 radical (unpaired) electrons. The van der Waals surface area contributed by atoms with E-state index in [0.29, 0.717) is 5.88 Å². The first-order valence-corrected chi connectivity index (χ1v) is 5.61. The number of amides is 1. The molecule has 0 heterocycles. The van der Waals surface area contributed by atoms with Gasteiger partial charge in [0.05, 0.1) is 10.6 Å². The Morgan fingerprint density at radius 3 is 2.65 bits per heavy atom. The number of hydrogen-bond donors (Lipinski definition) is 1. The zero-order chi connectivity index (χ0) is 12.8. The molecule has 0 bridgehead atoms. The number of alkyl halides is 1. The van der Waals surface area contributed by atoms with Crippen LogP contribution in [0.25, 0.3) is 0 Å². The van der Waals surface area contributed by atoms with Gasteiger partial charge in [0.1, 0.15) is 11.6 Å². The van der Waals surface area contributed by atoms with Crippen LogP contribution in [-0.4, -0.2) is 18.3 Å². The molecule has 1 aromatic rings. The zero-order valence-corrected chi connectivity index (χ0v) is 10.2. The lowest BCUT2D eigenvalue weighted by molar-refractivity contribution is 0.0953. The van der Waals surface area contributed by atoms with Crippen molar-refractivity contribution in [3.63, 3.8) is 0 Å². The van der Waals surface area contributed by atoms with Crippen LogP contribution in [0.1, 0.15) is 10.4 Å². The molecule has 1 N–H and O–H groups in total. The second-order valence-corrected chi connectivity index (χ2v) is 3.80. The van der Waals surface area contributed by atoms with E-state index in [1.807, 2.05) is 0 Å². The van der Waals surface area contributed by atoms with Gasteiger partial charge in [0.2, 0.25) is 0 Å². The van der Waals surface area contributed by atoms with E-state index in [-0.39, 0.29) is 17.1 Å². The Bertz CT molecular complexity index is 449. The molecule has 1 amide bonds. The number of carbonyl (C=O) groups excluding carboxylic acids is 1. The maximum atomic E-state index is 13.3. The van der Waals surface area contributed by atoms with Crippen LogP contribution < -0.4 is 5.32 Å². The van der Waals surface area contributed by atoms with Crippen LogP contribution in [0.4, 0.5) is 8.78 Å². The van der Waals surface area contributed by atoms with Gasteiger partial charge in [0, 0.05) is 12.4 Å². The van der Waals surface area contributed by atoms with Gasteiger partial charge in [-0.1, -0.05) is 23.8 Å². The number of carbonyl (C=O) groups is 1. The molecule has 0 saturated carbocycles. The van der Waals surface area contributed by atoms with Crippen LogP contribution in [0.2, 0.25) is 5.02 Å². The predicted octanol–water partition coefficient (Wildman–Crippen LogP) is 3.14. The number of nitrogens with one attached hydrogen (secondary N) is 1. The monoisotopic (exact) mass is 279 g/mol. The molecule has 0 aromatic heterocycles. The van der Waals surface area contributed by atoms with Gasteiger partial charge in [0.15, 0.2) is 0 Å². The molecule has 2 nitrogen and oxygen atoms in total. The molecule has 1 rings (SSSR count). The first kappa shape index (κ1) is 13.9. The average Bonchev–Trinajstić information content (AvgIpc) is 2.29. The summed E-state index contributed by atoms with van der Waals surface area (Å²) < 4.78 is 26.4. The average molecular weight is 280 g/mol. The summed E-state index contributed by atoms with van der Waals surface area (Å²) in [6.07, 6.45) is 3.23. The van der Waals surface area contributed by atoms with E-state index < -0.39 is 17.5 Å². The van der Waals surface area contributed by atoms with Crippen molar-refractivity contribution in [2.45, 2.75) is 0 Å². The number of halogens is 4. The van der Waals surface area contributed by atoms with Crippen molar-refractivity contribution in [2.24, 2.45) is 0 Å². The van der Waals surface area contributed by atoms with E-state index in [4.69, 9.17) is 23.2 Å². The first-order valence-electron chi connectivity index (χ1n) is 4.70. The van der Waals surface area contributed by atoms with Gasteiger partial charge in [-0.15, -0.1) is 11.6 Å². The second-order valence-electron chi connectivity index (χ2n) is 3.08. The fourth-order valence-corrected chi connectivity index (χ4v) is 1.37. The van der Waals surface area contributed by atoms with Crippen molar-refractivity contribution < 1.29 is 13.6 Å². The summed E-state index contributed by atoms with van der Waals surface area (Å²) in [6.45, 7) is 0.190. The molecule has 0 unspecified atom stereocenters. The van der Waals surface area contributed by atoms with Gasteiger partial charge in [-0.05, 0) is 12.1 Å². The maximum Gasteiger partial charge on any atom is 0.254 e. The topological polar surface area (TPSA) is 29.1 Å². The van der Waals surface area contributed by atoms with Crippen LogP contribution in [0, 0.1) is 11.6 Å². The molecule has 0 atom stereocenters. The smallest absolute Gasteiger partial charge is 0.254 e. The Balaban J connectivity index is 2.75. The Morgan fingerprint density at radius 2 is 2.00 bits per heavy atom. The highest BCUT2D eigenvalue weighted by molar-refractivity contribution is 6.30. The van der Waals surface area contributed by atoms with Gasteiger partial charge < -0.3 is 5.32 Å². The first-order chi connectivity index (χ1) is 8.06. The summed E-state index contributed by atoms with van der Waals surface area (Å²) in [5, 5.41) is 2.03. The predicted molar refractivity (Wildman–Crippen MR) is 63.6 cm³/mol. The van der Waals surface area contributed by atoms with Crippen LogP contribution in [0.3, 0.4) is 0 Å². The Hall–Kier alpha value is -1.13. The summed E-state index contributed by atoms with van der Waals surface area (Å²) in [4.78, 5) is 11.5. The SMILES string of the molecule is O=C(NC/C=C/CCl)c1cc(F)c(Cl)cc1F. The van der Waals surface area contributed by atoms with E-state index in [0.717, 1.165) is 12.1 Å². The third-order valence-electron chi connectivity index (χ3n) is 1.89. The quantitative estimate of drug-likeness (QED) is 0.512. The maximum absolute atomic E-state index is 13.3. The van der Waals surface area contributed by atoms with Crippen molar-refractivity contribution in [3.8, 4) is 0 Å². The molecular formula is C11H9Cl2F2NO. The minimum absolute atomic E-state index is 0.190. The van der Waals surface area contributed by atoms with E-state index in [2.05, 4.69) is 5.32 Å². The highest BCUT2D eigenvalue weighted by atomic mass is 35.5. The Kier molecular flexibility index (Phi) is 5.38. The molecule has 0 aliphatic carbocycles. The van der Waals surface area contributed by atoms with Crippen LogP contribution in [0.5, 0.6) is 0 Å². The van der Waals surface area contributed by atoms with Crippen molar-refractivity contribution in [2.75, 3.05) is 12.4 Å². The molecule has 0 spiro atoms. The number of allylic oxidation sites excluding steroid dienone is 1. The van der Waals surface area contributed by atoms with Crippen molar-refractivity contribution in [3.05, 3.63) is 46.5 Å². The van der Waals surface area contributed by atoms with E-state index in [1.165, 1.54) is 0 Å². The fraction of sp³-hybridized carbons (Fsp3) is 0.182. The zero-order valence-electron chi connectivity index (χ0n) is 8.64. The largest absolute Gasteiger partial charge is 0.348 e. The summed E-state index contributed by atoms with van der Waals surface area (Å²) in [6, 6.07) is 1.53. The molecule has 0 aliphatic rings. The van der Waals surface area contributed by atoms with E-state index >= 15 is 0 Å². The molecule has 0 saturated heterocycles. The highest BCUT2D eigenvalue weighted by Gasteiger charge is 2.14. The van der Waals surface area contributed by atoms with Gasteiger partial charge in [-0.2, -0.15) is 0 Å². The highest BCUT2D eigenvalue weighted by Crippen LogP contribution is 2.19. The lowest BCUT2D eigenvalue weighted by Crippen LogP contribution is -2.24. The minimum Gasteiger partial charge on any atom is -0.348 e. The molecule has 1 aromatic carbocycles. The second kappa shape index (κ2) is 6.57. The molecule has 0 fully saturated rings. The summed E-state index contributed by atoms with van der Waals surface area (Å²) >= 11 is 10.7. The Morgan fingerprint density at radius 1 is 1.29 bits per heavy atom. The van der Waals surface area contributed by atoms with Crippen LogP contribution >= 0.6 is 23.2 Å². The molecule has 17 heavy (non-hydrogen) atoms. The number of rotatable bonds is 4. The van der Waals surface area contributed by atoms with Crippen molar-refractivity contribution in [1.82, 2.24) is 5.32 Å². The fourth-order valence-electron chi connectivity index (χ4n) is 1.09. The molecular weight excluding hydrogens is 271 g/mol. The standard InChI is InChI=1S/C11H9Cl2F2NO/c12-3-1-2-4-16-11(17)7-5-10(15)8(13)6-9(7)14/h1-2,5-6H,3-4H2,(H,16,17)/b2-1+. The Labute approximate surface area is 107 Å². The van der Waals surface area contributed by atoms with Gasteiger partial charge >= 0.3 is 0 Å². The third kappa shape index (κ3) is 3.98. The number of benzene rings is 1. The molecule has 92 valence electrons. The minimum atomic E-state index is -0.866. The summed E-state index contributed by atoms with van der Waals surface area (Å²) in [5.41, 5.74) is -0.383. The van der Waals surface area contributed by atoms with Gasteiger partial charge in [0.25, 0.3) is 5.91 Å². The van der Waals surface area contributed by atoms with Gasteiger partial charge in [-0.25, -0.2) is 8.78 Å². The van der Waals surface area contributed by atoms with Gasteiger partial charge in [-0.3, -0.25) is 4.79 Å². The lowest BCUT2D eigenvalue weighted by atomic mass is 10.2. The van der Waals surface area contributed by atoms with Crippen LogP contribution in [0.15, 0.2) is 24.3 Å². The molecule has 6 heteroatoms. The molecule has 0 aliphatic heterocycles. The van der Waals surface area contributed by atoms with Crippen molar-refractivity contribution >= 4 is 29.1 Å². The van der Waals surface area contributed by atoms with E-state index in [9.17, 15) is 13.6 Å². The lowest BCUT2D eigenvalue weighted by Gasteiger charge is -2.04. The van der Waals surface area contributed by atoms with E-state index in [1.54, 1.807) is 12.2 Å². The van der Waals surface area contributed by atoms with Crippen molar-refractivity contribution in [1.29, 1.82) is 0 Å². The normalized spacial score (nSPS) is 10.8. The third-order valence-corrected chi connectivity index (χ3v) is 2.36. The summed E-state index contributed by atoms with van der Waals surface area (Å²) in [5.74, 6) is -2.10. The number of hydrogen-bond acceptors (Lipinski definition) is 1. The summed E-state index contributed by atoms with van der Waals surface area (Å²) in [7, 11) is 0. The van der Waals surface area contributed by atoms with Crippen LogP contribution in [-0.2, 0) is 0 Å².